The summed E-state index contributed by atoms with van der Waals surface area (Å²) in [5.41, 5.74) is 7.54. The summed E-state index contributed by atoms with van der Waals surface area (Å²) < 4.78 is 0. The van der Waals surface area contributed by atoms with Crippen LogP contribution in [0, 0.1) is 0 Å². The second kappa shape index (κ2) is 8.84. The number of piperidine rings is 1. The smallest absolute Gasteiger partial charge is 0.169 e. The third-order valence-corrected chi connectivity index (χ3v) is 7.53. The molecule has 0 amide bonds. The molecule has 0 radical (unpaired) electrons. The van der Waals surface area contributed by atoms with Gasteiger partial charge in [0, 0.05) is 57.4 Å². The van der Waals surface area contributed by atoms with E-state index >= 15 is 0 Å². The van der Waals surface area contributed by atoms with E-state index in [0.717, 1.165) is 44.5 Å². The molecule has 2 aliphatic heterocycles. The fourth-order valence-corrected chi connectivity index (χ4v) is 5.24. The fourth-order valence-electron chi connectivity index (χ4n) is 5.24. The molecule has 3 heterocycles. The van der Waals surface area contributed by atoms with Crippen molar-refractivity contribution in [1.82, 2.24) is 20.0 Å². The average molecular weight is 439 g/mol. The van der Waals surface area contributed by atoms with E-state index in [4.69, 9.17) is 5.73 Å². The van der Waals surface area contributed by atoms with Crippen LogP contribution in [0.25, 0.3) is 11.3 Å². The summed E-state index contributed by atoms with van der Waals surface area (Å²) in [5.74, 6) is 0.546. The van der Waals surface area contributed by atoms with Gasteiger partial charge in [-0.05, 0) is 43.9 Å². The number of aliphatic hydroxyl groups is 1. The number of para-hydroxylation sites is 1. The van der Waals surface area contributed by atoms with Crippen molar-refractivity contribution in [2.24, 2.45) is 0 Å². The van der Waals surface area contributed by atoms with Gasteiger partial charge in [-0.15, -0.1) is 10.2 Å². The van der Waals surface area contributed by atoms with Gasteiger partial charge < -0.3 is 20.8 Å². The Labute approximate surface area is 189 Å². The van der Waals surface area contributed by atoms with E-state index < -0.39 is 5.60 Å². The average Bonchev–Trinajstić information content (AvgIpc) is 2.75. The Bertz CT molecular complexity index is 934. The Morgan fingerprint density at radius 3 is 2.38 bits per heavy atom. The molecule has 3 fully saturated rings. The number of hydrogen-bond donors (Lipinski definition) is 3. The van der Waals surface area contributed by atoms with E-state index in [1.54, 1.807) is 12.1 Å². The number of aromatic nitrogens is 2. The van der Waals surface area contributed by atoms with Gasteiger partial charge in [-0.2, -0.15) is 0 Å². The highest BCUT2D eigenvalue weighted by Crippen LogP contribution is 2.34. The number of rotatable bonds is 5. The molecular formula is C24H34N6O2. The van der Waals surface area contributed by atoms with Gasteiger partial charge in [0.25, 0.3) is 0 Å². The molecule has 8 heteroatoms. The molecule has 2 saturated heterocycles. The van der Waals surface area contributed by atoms with E-state index in [9.17, 15) is 10.2 Å². The zero-order chi connectivity index (χ0) is 22.1. The van der Waals surface area contributed by atoms with Crippen LogP contribution < -0.4 is 10.6 Å². The van der Waals surface area contributed by atoms with Crippen molar-refractivity contribution in [2.75, 3.05) is 56.4 Å². The number of nitrogen functional groups attached to an aromatic ring is 1. The summed E-state index contributed by atoms with van der Waals surface area (Å²) in [6, 6.07) is 9.80. The Kier molecular flexibility index (Phi) is 5.92. The van der Waals surface area contributed by atoms with Crippen LogP contribution in [-0.4, -0.2) is 87.7 Å². The van der Waals surface area contributed by atoms with Crippen LogP contribution >= 0.6 is 0 Å². The molecule has 1 saturated carbocycles. The summed E-state index contributed by atoms with van der Waals surface area (Å²) in [6.07, 6.45) is 5.50. The SMILES string of the molecule is Nc1nnc(-c2ccccc2O)cc1N1CCC(O)(CN2CCN(C3CCC3)CC2)CC1. The molecule has 32 heavy (non-hydrogen) atoms. The maximum atomic E-state index is 11.3. The maximum absolute atomic E-state index is 11.3. The highest BCUT2D eigenvalue weighted by atomic mass is 16.3. The number of phenols is 1. The first-order valence-electron chi connectivity index (χ1n) is 11.9. The lowest BCUT2D eigenvalue weighted by molar-refractivity contribution is -0.0333. The lowest BCUT2D eigenvalue weighted by Crippen LogP contribution is -2.57. The van der Waals surface area contributed by atoms with Gasteiger partial charge in [-0.25, -0.2) is 0 Å². The van der Waals surface area contributed by atoms with Crippen LogP contribution in [-0.2, 0) is 0 Å². The minimum atomic E-state index is -0.662. The second-order valence-corrected chi connectivity index (χ2v) is 9.63. The van der Waals surface area contributed by atoms with Crippen molar-refractivity contribution in [1.29, 1.82) is 0 Å². The molecule has 0 bridgehead atoms. The molecule has 172 valence electrons. The molecule has 0 unspecified atom stereocenters. The van der Waals surface area contributed by atoms with Crippen LogP contribution in [0.1, 0.15) is 32.1 Å². The van der Waals surface area contributed by atoms with Crippen molar-refractivity contribution in [3.8, 4) is 17.0 Å². The normalized spacial score (nSPS) is 22.6. The van der Waals surface area contributed by atoms with Crippen molar-refractivity contribution in [3.63, 3.8) is 0 Å². The lowest BCUT2D eigenvalue weighted by atomic mass is 9.89. The van der Waals surface area contributed by atoms with Gasteiger partial charge in [0.05, 0.1) is 17.0 Å². The molecule has 4 N–H and O–H groups in total. The number of benzene rings is 1. The highest BCUT2D eigenvalue weighted by molar-refractivity contribution is 5.74. The van der Waals surface area contributed by atoms with E-state index in [2.05, 4.69) is 24.9 Å². The number of nitrogens with zero attached hydrogens (tertiary/aromatic N) is 5. The lowest BCUT2D eigenvalue weighted by Gasteiger charge is -2.46. The number of piperazine rings is 1. The Hall–Kier alpha value is -2.42. The minimum Gasteiger partial charge on any atom is -0.507 e. The van der Waals surface area contributed by atoms with Crippen LogP contribution in [0.4, 0.5) is 11.5 Å². The van der Waals surface area contributed by atoms with Gasteiger partial charge in [-0.1, -0.05) is 18.6 Å². The molecule has 1 aliphatic carbocycles. The Morgan fingerprint density at radius 2 is 1.72 bits per heavy atom. The molecular weight excluding hydrogens is 404 g/mol. The largest absolute Gasteiger partial charge is 0.507 e. The topological polar surface area (TPSA) is 102 Å². The maximum Gasteiger partial charge on any atom is 0.169 e. The van der Waals surface area contributed by atoms with Gasteiger partial charge in [-0.3, -0.25) is 9.80 Å². The van der Waals surface area contributed by atoms with E-state index in [1.807, 2.05) is 18.2 Å². The molecule has 8 nitrogen and oxygen atoms in total. The zero-order valence-electron chi connectivity index (χ0n) is 18.7. The van der Waals surface area contributed by atoms with Crippen LogP contribution in [0.2, 0.25) is 0 Å². The fraction of sp³-hybridized carbons (Fsp3) is 0.583. The zero-order valence-corrected chi connectivity index (χ0v) is 18.7. The number of hydrogen-bond acceptors (Lipinski definition) is 8. The van der Waals surface area contributed by atoms with Crippen LogP contribution in [0.15, 0.2) is 30.3 Å². The minimum absolute atomic E-state index is 0.169. The van der Waals surface area contributed by atoms with Gasteiger partial charge in [0.15, 0.2) is 5.82 Å². The van der Waals surface area contributed by atoms with Crippen molar-refractivity contribution < 1.29 is 10.2 Å². The van der Waals surface area contributed by atoms with Gasteiger partial charge >= 0.3 is 0 Å². The van der Waals surface area contributed by atoms with Crippen LogP contribution in [0.5, 0.6) is 5.75 Å². The predicted octanol–water partition coefficient (Wildman–Crippen LogP) is 1.93. The Balaban J connectivity index is 1.20. The number of β-amino-alcohol motifs (C(OH)–C–C–N with tert-alkyl or cyclic N) is 1. The van der Waals surface area contributed by atoms with Crippen molar-refractivity contribution in [3.05, 3.63) is 30.3 Å². The number of anilines is 2. The highest BCUT2D eigenvalue weighted by Gasteiger charge is 2.36. The molecule has 1 aromatic carbocycles. The third kappa shape index (κ3) is 4.40. The quantitative estimate of drug-likeness (QED) is 0.651. The van der Waals surface area contributed by atoms with Gasteiger partial charge in [0.2, 0.25) is 0 Å². The molecule has 5 rings (SSSR count). The molecule has 3 aliphatic rings. The second-order valence-electron chi connectivity index (χ2n) is 9.63. The predicted molar refractivity (Wildman–Crippen MR) is 126 cm³/mol. The van der Waals surface area contributed by atoms with E-state index in [1.165, 1.54) is 19.3 Å². The summed E-state index contributed by atoms with van der Waals surface area (Å²) in [7, 11) is 0. The first-order chi connectivity index (χ1) is 15.5. The Morgan fingerprint density at radius 1 is 1.00 bits per heavy atom. The molecule has 2 aromatic rings. The number of nitrogens with two attached hydrogens (primary N) is 1. The molecule has 0 atom stereocenters. The molecule has 1 aromatic heterocycles. The van der Waals surface area contributed by atoms with Gasteiger partial charge in [0.1, 0.15) is 5.75 Å². The summed E-state index contributed by atoms with van der Waals surface area (Å²) in [5, 5.41) is 29.8. The number of aromatic hydroxyl groups is 1. The van der Waals surface area contributed by atoms with Crippen molar-refractivity contribution >= 4 is 11.5 Å². The molecule has 0 spiro atoms. The first-order valence-corrected chi connectivity index (χ1v) is 11.9. The first kappa shape index (κ1) is 21.4. The van der Waals surface area contributed by atoms with Crippen molar-refractivity contribution in [2.45, 2.75) is 43.7 Å². The van der Waals surface area contributed by atoms with E-state index in [0.29, 0.717) is 43.0 Å². The summed E-state index contributed by atoms with van der Waals surface area (Å²) >= 11 is 0. The third-order valence-electron chi connectivity index (χ3n) is 7.53. The van der Waals surface area contributed by atoms with Crippen LogP contribution in [0.3, 0.4) is 0 Å². The summed E-state index contributed by atoms with van der Waals surface area (Å²) in [6.45, 7) is 6.53. The van der Waals surface area contributed by atoms with E-state index in [-0.39, 0.29) is 5.75 Å². The summed E-state index contributed by atoms with van der Waals surface area (Å²) in [4.78, 5) is 7.24. The standard InChI is InChI=1S/C24H34N6O2/c25-23-21(16-20(26-27-23)19-6-1-2-7-22(19)31)30-10-8-24(32,9-11-30)17-28-12-14-29(15-13-28)18-4-3-5-18/h1-2,6-7,16,18,31-32H,3-5,8-15,17H2,(H2,25,27). The monoisotopic (exact) mass is 438 g/mol. The number of phenolic OH excluding ortho intramolecular Hbond substituents is 1.